The molecule has 5 rings (SSSR count). The number of aromatic nitrogens is 1. The fourth-order valence-corrected chi connectivity index (χ4v) is 4.96. The van der Waals surface area contributed by atoms with Crippen molar-refractivity contribution < 1.29 is 0 Å². The molecule has 0 bridgehead atoms. The van der Waals surface area contributed by atoms with E-state index in [0.29, 0.717) is 29.0 Å². The van der Waals surface area contributed by atoms with Gasteiger partial charge in [-0.05, 0) is 30.2 Å². The number of anilines is 2. The second-order valence-electron chi connectivity index (χ2n) is 8.47. The lowest BCUT2D eigenvalue weighted by Crippen LogP contribution is -2.49. The van der Waals surface area contributed by atoms with E-state index < -0.39 is 0 Å². The summed E-state index contributed by atoms with van der Waals surface area (Å²) in [6.07, 6.45) is 1.12. The van der Waals surface area contributed by atoms with E-state index in [-0.39, 0.29) is 0 Å². The maximum atomic E-state index is 10.2. The van der Waals surface area contributed by atoms with E-state index >= 15 is 0 Å². The highest BCUT2D eigenvalue weighted by Crippen LogP contribution is 2.36. The number of piperazine rings is 1. The van der Waals surface area contributed by atoms with Crippen molar-refractivity contribution in [2.24, 2.45) is 0 Å². The highest BCUT2D eigenvalue weighted by molar-refractivity contribution is 6.30. The van der Waals surface area contributed by atoms with Gasteiger partial charge in [-0.1, -0.05) is 41.9 Å². The van der Waals surface area contributed by atoms with Gasteiger partial charge in [0.15, 0.2) is 0 Å². The molecule has 2 aliphatic heterocycles. The molecule has 2 N–H and O–H groups in total. The third kappa shape index (κ3) is 4.24. The minimum Gasteiger partial charge on any atom is -0.368 e. The normalized spacial score (nSPS) is 19.2. The van der Waals surface area contributed by atoms with E-state index in [2.05, 4.69) is 32.6 Å². The van der Waals surface area contributed by atoms with Crippen LogP contribution >= 0.6 is 11.6 Å². The Morgan fingerprint density at radius 3 is 2.66 bits per heavy atom. The first-order valence-corrected chi connectivity index (χ1v) is 11.6. The monoisotopic (exact) mass is 446 g/mol. The van der Waals surface area contributed by atoms with Crippen molar-refractivity contribution in [3.05, 3.63) is 64.7 Å². The van der Waals surface area contributed by atoms with Crippen molar-refractivity contribution in [1.29, 1.82) is 5.26 Å². The van der Waals surface area contributed by atoms with E-state index in [4.69, 9.17) is 16.6 Å². The first kappa shape index (κ1) is 21.0. The van der Waals surface area contributed by atoms with Crippen LogP contribution in [0.3, 0.4) is 0 Å². The Bertz CT molecular complexity index is 1130. The highest BCUT2D eigenvalue weighted by Gasteiger charge is 2.31. The van der Waals surface area contributed by atoms with Crippen molar-refractivity contribution in [3.8, 4) is 6.07 Å². The Kier molecular flexibility index (Phi) is 6.13. The van der Waals surface area contributed by atoms with Gasteiger partial charge in [0.2, 0.25) is 0 Å². The molecule has 32 heavy (non-hydrogen) atoms. The quantitative estimate of drug-likeness (QED) is 0.620. The summed E-state index contributed by atoms with van der Waals surface area (Å²) in [4.78, 5) is 9.80. The maximum absolute atomic E-state index is 10.2. The van der Waals surface area contributed by atoms with Crippen LogP contribution in [0.25, 0.3) is 10.9 Å². The van der Waals surface area contributed by atoms with Gasteiger partial charge in [-0.15, -0.1) is 0 Å². The van der Waals surface area contributed by atoms with Gasteiger partial charge < -0.3 is 15.5 Å². The molecule has 1 aromatic heterocycles. The molecule has 6 nitrogen and oxygen atoms in total. The lowest BCUT2D eigenvalue weighted by atomic mass is 10.1. The van der Waals surface area contributed by atoms with Crippen LogP contribution in [0.4, 0.5) is 11.5 Å². The number of nitriles is 1. The van der Waals surface area contributed by atoms with Crippen LogP contribution in [0, 0.1) is 11.3 Å². The molecular formula is C25H27ClN6. The molecule has 3 heterocycles. The van der Waals surface area contributed by atoms with E-state index in [9.17, 15) is 5.26 Å². The zero-order chi connectivity index (χ0) is 21.9. The van der Waals surface area contributed by atoms with Gasteiger partial charge >= 0.3 is 0 Å². The largest absolute Gasteiger partial charge is 0.368 e. The first-order valence-electron chi connectivity index (χ1n) is 11.2. The number of para-hydroxylation sites is 1. The fourth-order valence-electron chi connectivity index (χ4n) is 4.84. The number of benzene rings is 2. The predicted molar refractivity (Wildman–Crippen MR) is 130 cm³/mol. The van der Waals surface area contributed by atoms with Crippen molar-refractivity contribution in [2.75, 3.05) is 49.5 Å². The third-order valence-electron chi connectivity index (χ3n) is 6.50. The molecule has 0 saturated carbocycles. The molecule has 0 aliphatic carbocycles. The zero-order valence-electron chi connectivity index (χ0n) is 18.0. The second-order valence-corrected chi connectivity index (χ2v) is 8.90. The fraction of sp³-hybridized carbons (Fsp3) is 0.360. The van der Waals surface area contributed by atoms with Crippen LogP contribution < -0.4 is 15.5 Å². The van der Waals surface area contributed by atoms with Crippen LogP contribution in [0.1, 0.15) is 17.5 Å². The van der Waals surface area contributed by atoms with Gasteiger partial charge in [0.1, 0.15) is 17.5 Å². The number of nitrogens with one attached hydrogen (secondary N) is 2. The van der Waals surface area contributed by atoms with E-state index in [1.165, 1.54) is 0 Å². The number of halogens is 1. The molecule has 7 heteroatoms. The summed E-state index contributed by atoms with van der Waals surface area (Å²) in [5.41, 5.74) is 3.63. The Labute approximate surface area is 193 Å². The summed E-state index contributed by atoms with van der Waals surface area (Å²) in [5.74, 6) is 0.641. The highest BCUT2D eigenvalue weighted by atomic mass is 35.5. The van der Waals surface area contributed by atoms with Crippen LogP contribution in [0.15, 0.2) is 48.5 Å². The van der Waals surface area contributed by atoms with Crippen LogP contribution in [0.5, 0.6) is 0 Å². The number of pyridine rings is 1. The minimum absolute atomic E-state index is 0.529. The van der Waals surface area contributed by atoms with Gasteiger partial charge in [0.25, 0.3) is 0 Å². The molecule has 164 valence electrons. The van der Waals surface area contributed by atoms with Gasteiger partial charge in [-0.3, -0.25) is 4.90 Å². The van der Waals surface area contributed by atoms with E-state index in [1.807, 2.05) is 42.5 Å². The van der Waals surface area contributed by atoms with Crippen molar-refractivity contribution >= 4 is 34.0 Å². The molecule has 2 saturated heterocycles. The Hall–Kier alpha value is -2.85. The number of nitrogens with zero attached hydrogens (tertiary/aromatic N) is 4. The van der Waals surface area contributed by atoms with Crippen molar-refractivity contribution in [3.63, 3.8) is 0 Å². The first-order chi connectivity index (χ1) is 15.7. The summed E-state index contributed by atoms with van der Waals surface area (Å²) >= 11 is 6.01. The van der Waals surface area contributed by atoms with E-state index in [1.54, 1.807) is 0 Å². The van der Waals surface area contributed by atoms with Crippen LogP contribution in [0.2, 0.25) is 5.02 Å². The minimum atomic E-state index is 0.529. The molecule has 2 aromatic carbocycles. The molecule has 3 aromatic rings. The van der Waals surface area contributed by atoms with Gasteiger partial charge in [0.05, 0.1) is 11.2 Å². The SMILES string of the molecule is N#Cc1c(NCc2ccc(Cl)cc2)nc2ccccc2c1N1CCC(N2CCNCC2)C1. The summed E-state index contributed by atoms with van der Waals surface area (Å²) in [7, 11) is 0. The van der Waals surface area contributed by atoms with Crippen molar-refractivity contribution in [1.82, 2.24) is 15.2 Å². The average molecular weight is 447 g/mol. The topological polar surface area (TPSA) is 67.2 Å². The zero-order valence-corrected chi connectivity index (χ0v) is 18.8. The smallest absolute Gasteiger partial charge is 0.147 e. The molecule has 0 spiro atoms. The van der Waals surface area contributed by atoms with Gasteiger partial charge in [0, 0.05) is 62.3 Å². The molecule has 1 unspecified atom stereocenters. The van der Waals surface area contributed by atoms with Crippen LogP contribution in [-0.2, 0) is 6.54 Å². The Morgan fingerprint density at radius 1 is 1.09 bits per heavy atom. The number of rotatable bonds is 5. The molecule has 1 atom stereocenters. The molecular weight excluding hydrogens is 420 g/mol. The third-order valence-corrected chi connectivity index (χ3v) is 6.75. The second kappa shape index (κ2) is 9.33. The van der Waals surface area contributed by atoms with E-state index in [0.717, 1.165) is 67.8 Å². The molecule has 0 amide bonds. The number of hydrogen-bond donors (Lipinski definition) is 2. The van der Waals surface area contributed by atoms with Gasteiger partial charge in [-0.2, -0.15) is 5.26 Å². The molecule has 2 aliphatic rings. The average Bonchev–Trinajstić information content (AvgIpc) is 3.33. The lowest BCUT2D eigenvalue weighted by Gasteiger charge is -2.33. The summed E-state index contributed by atoms with van der Waals surface area (Å²) in [6, 6.07) is 18.9. The lowest BCUT2D eigenvalue weighted by molar-refractivity contribution is 0.185. The predicted octanol–water partition coefficient (Wildman–Crippen LogP) is 3.86. The summed E-state index contributed by atoms with van der Waals surface area (Å²) in [5, 5.41) is 18.8. The molecule has 0 radical (unpaired) electrons. The Balaban J connectivity index is 1.47. The number of hydrogen-bond acceptors (Lipinski definition) is 6. The standard InChI is InChI=1S/C25H27ClN6/c26-19-7-5-18(6-8-19)16-29-25-22(15-27)24(21-3-1-2-4-23(21)30-25)32-12-9-20(17-32)31-13-10-28-11-14-31/h1-8,20,28H,9-14,16-17H2,(H,29,30). The number of fused-ring (bicyclic) bond motifs is 1. The summed E-state index contributed by atoms with van der Waals surface area (Å²) in [6.45, 7) is 6.77. The summed E-state index contributed by atoms with van der Waals surface area (Å²) < 4.78 is 0. The van der Waals surface area contributed by atoms with Crippen molar-refractivity contribution in [2.45, 2.75) is 19.0 Å². The van der Waals surface area contributed by atoms with Gasteiger partial charge in [-0.25, -0.2) is 4.98 Å². The molecule has 2 fully saturated rings. The Morgan fingerprint density at radius 2 is 1.88 bits per heavy atom. The van der Waals surface area contributed by atoms with Crippen LogP contribution in [-0.4, -0.2) is 55.2 Å². The maximum Gasteiger partial charge on any atom is 0.147 e.